The Kier molecular flexibility index (Phi) is 5.06. The Bertz CT molecular complexity index is 926. The summed E-state index contributed by atoms with van der Waals surface area (Å²) in [5.41, 5.74) is 2.53. The minimum absolute atomic E-state index is 0.0459. The first-order valence-corrected chi connectivity index (χ1v) is 10.2. The molecule has 7 nitrogen and oxygen atoms in total. The number of aromatic carboxylic acids is 1. The van der Waals surface area contributed by atoms with Crippen LogP contribution in [0.5, 0.6) is 0 Å². The number of sulfonamides is 1. The van der Waals surface area contributed by atoms with E-state index in [1.54, 1.807) is 24.3 Å². The zero-order valence-corrected chi connectivity index (χ0v) is 15.5. The van der Waals surface area contributed by atoms with Crippen LogP contribution in [0.3, 0.4) is 0 Å². The van der Waals surface area contributed by atoms with Crippen LogP contribution in [-0.2, 0) is 10.0 Å². The first kappa shape index (κ1) is 18.5. The third-order valence-corrected chi connectivity index (χ3v) is 5.79. The molecule has 26 heavy (non-hydrogen) atoms. The maximum atomic E-state index is 11.8. The minimum atomic E-state index is -3.23. The number of hydrogen-bond donors (Lipinski definition) is 1. The number of nitrogens with zero attached hydrogens (tertiary/aromatic N) is 3. The lowest BCUT2D eigenvalue weighted by atomic mass is 9.98. The number of rotatable bonds is 4. The van der Waals surface area contributed by atoms with E-state index in [1.165, 1.54) is 10.6 Å². The SMILES string of the molecule is Cc1cc(-c2ccc(C(=O)O)cc2)nc([C@H]2CCCN(S(C)(=O)=O)C2)n1. The first-order chi connectivity index (χ1) is 12.2. The smallest absolute Gasteiger partial charge is 0.335 e. The van der Waals surface area contributed by atoms with Gasteiger partial charge in [0.1, 0.15) is 5.82 Å². The van der Waals surface area contributed by atoms with Crippen LogP contribution < -0.4 is 0 Å². The lowest BCUT2D eigenvalue weighted by Crippen LogP contribution is -2.38. The normalized spacial score (nSPS) is 18.6. The Hall–Kier alpha value is -2.32. The molecule has 0 aliphatic carbocycles. The highest BCUT2D eigenvalue weighted by Gasteiger charge is 2.28. The predicted octanol–water partition coefficient (Wildman–Crippen LogP) is 2.29. The Labute approximate surface area is 152 Å². The van der Waals surface area contributed by atoms with E-state index in [9.17, 15) is 13.2 Å². The molecule has 2 heterocycles. The Morgan fingerprint density at radius 2 is 1.92 bits per heavy atom. The van der Waals surface area contributed by atoms with Crippen molar-refractivity contribution in [3.05, 3.63) is 47.4 Å². The molecule has 1 N–H and O–H groups in total. The van der Waals surface area contributed by atoms with Crippen LogP contribution in [0.2, 0.25) is 0 Å². The van der Waals surface area contributed by atoms with Gasteiger partial charge in [0.2, 0.25) is 10.0 Å². The second-order valence-electron chi connectivity index (χ2n) is 6.60. The van der Waals surface area contributed by atoms with Crippen LogP contribution in [0.4, 0.5) is 0 Å². The van der Waals surface area contributed by atoms with Gasteiger partial charge in [-0.05, 0) is 38.0 Å². The quantitative estimate of drug-likeness (QED) is 0.880. The minimum Gasteiger partial charge on any atom is -0.478 e. The van der Waals surface area contributed by atoms with E-state index < -0.39 is 16.0 Å². The average molecular weight is 375 g/mol. The van der Waals surface area contributed by atoms with Crippen molar-refractivity contribution in [3.63, 3.8) is 0 Å². The molecule has 8 heteroatoms. The molecule has 0 bridgehead atoms. The van der Waals surface area contributed by atoms with E-state index in [0.717, 1.165) is 24.1 Å². The first-order valence-electron chi connectivity index (χ1n) is 8.38. The summed E-state index contributed by atoms with van der Waals surface area (Å²) in [5.74, 6) is -0.384. The molecule has 1 aromatic heterocycles. The summed E-state index contributed by atoms with van der Waals surface area (Å²) in [6.45, 7) is 2.79. The van der Waals surface area contributed by atoms with Crippen molar-refractivity contribution in [1.82, 2.24) is 14.3 Å². The molecule has 1 saturated heterocycles. The zero-order valence-electron chi connectivity index (χ0n) is 14.7. The zero-order chi connectivity index (χ0) is 18.9. The fourth-order valence-electron chi connectivity index (χ4n) is 3.16. The fourth-order valence-corrected chi connectivity index (χ4v) is 4.07. The van der Waals surface area contributed by atoms with Crippen molar-refractivity contribution in [2.24, 2.45) is 0 Å². The topological polar surface area (TPSA) is 100 Å². The summed E-state index contributed by atoms with van der Waals surface area (Å²) in [5, 5.41) is 9.02. The molecule has 3 rings (SSSR count). The molecule has 0 amide bonds. The molecular formula is C18H21N3O4S. The molecule has 0 radical (unpaired) electrons. The van der Waals surface area contributed by atoms with Gasteiger partial charge in [0.15, 0.2) is 0 Å². The summed E-state index contributed by atoms with van der Waals surface area (Å²) in [7, 11) is -3.23. The summed E-state index contributed by atoms with van der Waals surface area (Å²) in [4.78, 5) is 20.2. The van der Waals surface area contributed by atoms with Crippen LogP contribution >= 0.6 is 0 Å². The molecule has 0 saturated carbocycles. The van der Waals surface area contributed by atoms with Gasteiger partial charge in [-0.25, -0.2) is 27.5 Å². The number of carboxylic acid groups (broad SMARTS) is 1. The van der Waals surface area contributed by atoms with E-state index in [1.807, 2.05) is 13.0 Å². The van der Waals surface area contributed by atoms with E-state index in [4.69, 9.17) is 5.11 Å². The van der Waals surface area contributed by atoms with Gasteiger partial charge in [0, 0.05) is 30.3 Å². The second kappa shape index (κ2) is 7.13. The van der Waals surface area contributed by atoms with Crippen LogP contribution in [-0.4, -0.2) is 53.1 Å². The molecular weight excluding hydrogens is 354 g/mol. The van der Waals surface area contributed by atoms with Gasteiger partial charge in [-0.2, -0.15) is 0 Å². The van der Waals surface area contributed by atoms with Gasteiger partial charge >= 0.3 is 5.97 Å². The van der Waals surface area contributed by atoms with Crippen LogP contribution in [0.25, 0.3) is 11.3 Å². The van der Waals surface area contributed by atoms with E-state index in [0.29, 0.717) is 24.6 Å². The monoisotopic (exact) mass is 375 g/mol. The lowest BCUT2D eigenvalue weighted by Gasteiger charge is -2.30. The molecule has 1 aromatic carbocycles. The summed E-state index contributed by atoms with van der Waals surface area (Å²) in [6.07, 6.45) is 2.84. The maximum absolute atomic E-state index is 11.8. The second-order valence-corrected chi connectivity index (χ2v) is 8.58. The largest absolute Gasteiger partial charge is 0.478 e. The van der Waals surface area contributed by atoms with Gasteiger partial charge in [-0.1, -0.05) is 12.1 Å². The van der Waals surface area contributed by atoms with Crippen LogP contribution in [0.1, 0.15) is 40.6 Å². The van der Waals surface area contributed by atoms with Gasteiger partial charge < -0.3 is 5.11 Å². The Morgan fingerprint density at radius 1 is 1.23 bits per heavy atom. The highest BCUT2D eigenvalue weighted by molar-refractivity contribution is 7.88. The van der Waals surface area contributed by atoms with Crippen LogP contribution in [0.15, 0.2) is 30.3 Å². The van der Waals surface area contributed by atoms with E-state index >= 15 is 0 Å². The third kappa shape index (κ3) is 4.08. The van der Waals surface area contributed by atoms with Gasteiger partial charge in [0.05, 0.1) is 17.5 Å². The predicted molar refractivity (Wildman–Crippen MR) is 97.6 cm³/mol. The molecule has 1 aliphatic rings. The molecule has 1 aliphatic heterocycles. The molecule has 1 fully saturated rings. The van der Waals surface area contributed by atoms with Gasteiger partial charge in [-0.3, -0.25) is 0 Å². The number of aryl methyl sites for hydroxylation is 1. The molecule has 138 valence electrons. The molecule has 0 spiro atoms. The number of carbonyl (C=O) groups is 1. The van der Waals surface area contributed by atoms with Crippen molar-refractivity contribution in [1.29, 1.82) is 0 Å². The van der Waals surface area contributed by atoms with E-state index in [-0.39, 0.29) is 11.5 Å². The molecule has 0 unspecified atom stereocenters. The van der Waals surface area contributed by atoms with Crippen molar-refractivity contribution in [2.75, 3.05) is 19.3 Å². The fraction of sp³-hybridized carbons (Fsp3) is 0.389. The number of aromatic nitrogens is 2. The highest BCUT2D eigenvalue weighted by Crippen LogP contribution is 2.28. The Morgan fingerprint density at radius 3 is 2.54 bits per heavy atom. The van der Waals surface area contributed by atoms with Crippen molar-refractivity contribution in [2.45, 2.75) is 25.7 Å². The standard InChI is InChI=1S/C18H21N3O4S/c1-12-10-16(13-5-7-14(8-6-13)18(22)23)20-17(19-12)15-4-3-9-21(11-15)26(2,24)25/h5-8,10,15H,3-4,9,11H2,1-2H3,(H,22,23)/t15-/m0/s1. The lowest BCUT2D eigenvalue weighted by molar-refractivity contribution is 0.0697. The van der Waals surface area contributed by atoms with Crippen LogP contribution in [0, 0.1) is 6.92 Å². The Balaban J connectivity index is 1.91. The number of carboxylic acids is 1. The number of hydrogen-bond acceptors (Lipinski definition) is 5. The van der Waals surface area contributed by atoms with Crippen molar-refractivity contribution >= 4 is 16.0 Å². The maximum Gasteiger partial charge on any atom is 0.335 e. The van der Waals surface area contributed by atoms with Crippen molar-refractivity contribution in [3.8, 4) is 11.3 Å². The number of piperidine rings is 1. The summed E-state index contributed by atoms with van der Waals surface area (Å²) < 4.78 is 25.2. The third-order valence-electron chi connectivity index (χ3n) is 4.52. The highest BCUT2D eigenvalue weighted by atomic mass is 32.2. The molecule has 2 aromatic rings. The van der Waals surface area contributed by atoms with Crippen molar-refractivity contribution < 1.29 is 18.3 Å². The number of benzene rings is 1. The summed E-state index contributed by atoms with van der Waals surface area (Å²) in [6, 6.07) is 8.37. The summed E-state index contributed by atoms with van der Waals surface area (Å²) >= 11 is 0. The van der Waals surface area contributed by atoms with Gasteiger partial charge in [-0.15, -0.1) is 0 Å². The van der Waals surface area contributed by atoms with Gasteiger partial charge in [0.25, 0.3) is 0 Å². The molecule has 1 atom stereocenters. The van der Waals surface area contributed by atoms with E-state index in [2.05, 4.69) is 9.97 Å². The average Bonchev–Trinajstić information content (AvgIpc) is 2.60.